The molecule has 0 atom stereocenters. The molecule has 20 heavy (non-hydrogen) atoms. The zero-order valence-electron chi connectivity index (χ0n) is 12.4. The predicted molar refractivity (Wildman–Crippen MR) is 76.5 cm³/mol. The molecule has 0 spiro atoms. The van der Waals surface area contributed by atoms with Gasteiger partial charge in [-0.25, -0.2) is 4.79 Å². The van der Waals surface area contributed by atoms with Crippen LogP contribution in [0.2, 0.25) is 0 Å². The highest BCUT2D eigenvalue weighted by Gasteiger charge is 2.21. The van der Waals surface area contributed by atoms with Gasteiger partial charge in [0.25, 0.3) is 0 Å². The highest BCUT2D eigenvalue weighted by atomic mass is 16.6. The molecule has 0 unspecified atom stereocenters. The van der Waals surface area contributed by atoms with Crippen LogP contribution in [0.25, 0.3) is 10.9 Å². The van der Waals surface area contributed by atoms with Gasteiger partial charge < -0.3 is 14.6 Å². The van der Waals surface area contributed by atoms with Gasteiger partial charge in [-0.05, 0) is 45.4 Å². The first kappa shape index (κ1) is 14.2. The van der Waals surface area contributed by atoms with Crippen LogP contribution in [0.1, 0.15) is 26.3 Å². The molecule has 0 saturated heterocycles. The highest BCUT2D eigenvalue weighted by molar-refractivity contribution is 5.96. The molecule has 2 aromatic rings. The number of benzene rings is 1. The second-order valence-corrected chi connectivity index (χ2v) is 5.67. The zero-order valence-corrected chi connectivity index (χ0v) is 12.4. The molecule has 0 radical (unpaired) electrons. The van der Waals surface area contributed by atoms with Gasteiger partial charge in [0.1, 0.15) is 5.60 Å². The molecule has 108 valence electrons. The molecule has 0 aliphatic carbocycles. The van der Waals surface area contributed by atoms with Crippen LogP contribution in [0.5, 0.6) is 11.5 Å². The van der Waals surface area contributed by atoms with E-state index >= 15 is 0 Å². The highest BCUT2D eigenvalue weighted by Crippen LogP contribution is 2.37. The lowest BCUT2D eigenvalue weighted by atomic mass is 10.1. The SMILES string of the molecule is COc1cc(C)c2c(ccn2C(=O)OC(C)(C)C)c1O. The van der Waals surface area contributed by atoms with Crippen molar-refractivity contribution in [3.8, 4) is 11.5 Å². The average molecular weight is 277 g/mol. The number of ether oxygens (including phenoxy) is 2. The number of fused-ring (bicyclic) bond motifs is 1. The minimum absolute atomic E-state index is 0.0235. The minimum Gasteiger partial charge on any atom is -0.504 e. The van der Waals surface area contributed by atoms with Crippen molar-refractivity contribution in [2.75, 3.05) is 7.11 Å². The number of aromatic hydroxyl groups is 1. The summed E-state index contributed by atoms with van der Waals surface area (Å²) in [6, 6.07) is 3.36. The van der Waals surface area contributed by atoms with Crippen LogP contribution in [-0.4, -0.2) is 28.5 Å². The average Bonchev–Trinajstić information content (AvgIpc) is 2.77. The molecule has 0 aliphatic rings. The summed E-state index contributed by atoms with van der Waals surface area (Å²) in [4.78, 5) is 12.2. The van der Waals surface area contributed by atoms with Crippen molar-refractivity contribution in [1.82, 2.24) is 4.57 Å². The molecular weight excluding hydrogens is 258 g/mol. The lowest BCUT2D eigenvalue weighted by molar-refractivity contribution is 0.0544. The van der Waals surface area contributed by atoms with Gasteiger partial charge in [0.15, 0.2) is 11.5 Å². The molecular formula is C15H19NO4. The van der Waals surface area contributed by atoms with Crippen LogP contribution in [0, 0.1) is 6.92 Å². The molecule has 0 saturated carbocycles. The molecule has 1 aromatic heterocycles. The number of phenolic OH excluding ortho intramolecular Hbond substituents is 1. The van der Waals surface area contributed by atoms with E-state index < -0.39 is 11.7 Å². The lowest BCUT2D eigenvalue weighted by Gasteiger charge is -2.20. The smallest absolute Gasteiger partial charge is 0.419 e. The van der Waals surface area contributed by atoms with E-state index in [-0.39, 0.29) is 5.75 Å². The Morgan fingerprint density at radius 1 is 1.35 bits per heavy atom. The van der Waals surface area contributed by atoms with Crippen molar-refractivity contribution >= 4 is 17.0 Å². The molecule has 1 N–H and O–H groups in total. The number of hydrogen-bond acceptors (Lipinski definition) is 4. The van der Waals surface area contributed by atoms with Crippen LogP contribution in [0.3, 0.4) is 0 Å². The summed E-state index contributed by atoms with van der Waals surface area (Å²) >= 11 is 0. The summed E-state index contributed by atoms with van der Waals surface area (Å²) in [6.45, 7) is 7.28. The quantitative estimate of drug-likeness (QED) is 0.867. The summed E-state index contributed by atoms with van der Waals surface area (Å²) in [5, 5.41) is 10.7. The van der Waals surface area contributed by atoms with Gasteiger partial charge in [-0.15, -0.1) is 0 Å². The van der Waals surface area contributed by atoms with E-state index in [0.717, 1.165) is 5.56 Å². The summed E-state index contributed by atoms with van der Waals surface area (Å²) in [6.07, 6.45) is 1.12. The lowest BCUT2D eigenvalue weighted by Crippen LogP contribution is -2.26. The fourth-order valence-corrected chi connectivity index (χ4v) is 2.11. The van der Waals surface area contributed by atoms with E-state index in [4.69, 9.17) is 9.47 Å². The molecule has 2 rings (SSSR count). The van der Waals surface area contributed by atoms with Gasteiger partial charge in [0.2, 0.25) is 0 Å². The fraction of sp³-hybridized carbons (Fsp3) is 0.400. The maximum Gasteiger partial charge on any atom is 0.419 e. The molecule has 0 bridgehead atoms. The van der Waals surface area contributed by atoms with Crippen molar-refractivity contribution in [2.24, 2.45) is 0 Å². The molecule has 0 aliphatic heterocycles. The Kier molecular flexibility index (Phi) is 3.38. The summed E-state index contributed by atoms with van der Waals surface area (Å²) in [5.41, 5.74) is 0.874. The number of hydrogen-bond donors (Lipinski definition) is 1. The van der Waals surface area contributed by atoms with Gasteiger partial charge in [-0.1, -0.05) is 0 Å². The first-order valence-corrected chi connectivity index (χ1v) is 6.35. The van der Waals surface area contributed by atoms with Gasteiger partial charge in [-0.2, -0.15) is 0 Å². The number of phenols is 1. The standard InChI is InChI=1S/C15H19NO4/c1-9-8-11(19-5)13(17)10-6-7-16(12(9)10)14(18)20-15(2,3)4/h6-8,17H,1-5H3. The maximum absolute atomic E-state index is 12.2. The number of carbonyl (C=O) groups is 1. The van der Waals surface area contributed by atoms with E-state index in [2.05, 4.69) is 0 Å². The second-order valence-electron chi connectivity index (χ2n) is 5.67. The van der Waals surface area contributed by atoms with Crippen molar-refractivity contribution in [2.45, 2.75) is 33.3 Å². The Hall–Kier alpha value is -2.17. The molecule has 0 amide bonds. The van der Waals surface area contributed by atoms with Crippen LogP contribution < -0.4 is 4.74 Å². The van der Waals surface area contributed by atoms with Crippen molar-refractivity contribution in [3.05, 3.63) is 23.9 Å². The van der Waals surface area contributed by atoms with Gasteiger partial charge in [0.05, 0.1) is 12.6 Å². The summed E-state index contributed by atoms with van der Waals surface area (Å²) in [5.74, 6) is 0.410. The molecule has 0 fully saturated rings. The van der Waals surface area contributed by atoms with Crippen LogP contribution >= 0.6 is 0 Å². The second kappa shape index (κ2) is 4.74. The third kappa shape index (κ3) is 2.43. The third-order valence-corrected chi connectivity index (χ3v) is 2.91. The fourth-order valence-electron chi connectivity index (χ4n) is 2.11. The van der Waals surface area contributed by atoms with E-state index in [1.807, 2.05) is 27.7 Å². The maximum atomic E-state index is 12.2. The zero-order chi connectivity index (χ0) is 15.1. The molecule has 1 aromatic carbocycles. The molecule has 1 heterocycles. The van der Waals surface area contributed by atoms with Crippen LogP contribution in [0.4, 0.5) is 4.79 Å². The number of aromatic nitrogens is 1. The van der Waals surface area contributed by atoms with E-state index in [9.17, 15) is 9.90 Å². The summed E-state index contributed by atoms with van der Waals surface area (Å²) in [7, 11) is 1.49. The first-order chi connectivity index (χ1) is 9.24. The minimum atomic E-state index is -0.573. The first-order valence-electron chi connectivity index (χ1n) is 6.35. The van der Waals surface area contributed by atoms with E-state index in [1.165, 1.54) is 11.7 Å². The van der Waals surface area contributed by atoms with Crippen molar-refractivity contribution in [3.63, 3.8) is 0 Å². The third-order valence-electron chi connectivity index (χ3n) is 2.91. The van der Waals surface area contributed by atoms with E-state index in [0.29, 0.717) is 16.7 Å². The summed E-state index contributed by atoms with van der Waals surface area (Å²) < 4.78 is 11.9. The number of methoxy groups -OCH3 is 1. The number of nitrogens with zero attached hydrogens (tertiary/aromatic N) is 1. The number of rotatable bonds is 1. The van der Waals surface area contributed by atoms with Crippen LogP contribution in [0.15, 0.2) is 18.3 Å². The van der Waals surface area contributed by atoms with Crippen LogP contribution in [-0.2, 0) is 4.74 Å². The van der Waals surface area contributed by atoms with E-state index in [1.54, 1.807) is 18.3 Å². The predicted octanol–water partition coefficient (Wildman–Crippen LogP) is 3.45. The molecule has 5 nitrogen and oxygen atoms in total. The van der Waals surface area contributed by atoms with Crippen molar-refractivity contribution < 1.29 is 19.4 Å². The van der Waals surface area contributed by atoms with Gasteiger partial charge in [-0.3, -0.25) is 4.57 Å². The Morgan fingerprint density at radius 2 is 2.00 bits per heavy atom. The molecule has 5 heteroatoms. The number of aryl methyl sites for hydroxylation is 1. The number of carbonyl (C=O) groups excluding carboxylic acids is 1. The largest absolute Gasteiger partial charge is 0.504 e. The topological polar surface area (TPSA) is 60.7 Å². The Bertz CT molecular complexity index is 665. The van der Waals surface area contributed by atoms with Gasteiger partial charge in [0, 0.05) is 11.6 Å². The Morgan fingerprint density at radius 3 is 2.55 bits per heavy atom. The Labute approximate surface area is 117 Å². The van der Waals surface area contributed by atoms with Crippen molar-refractivity contribution in [1.29, 1.82) is 0 Å². The monoisotopic (exact) mass is 277 g/mol. The van der Waals surface area contributed by atoms with Gasteiger partial charge >= 0.3 is 6.09 Å². The normalized spacial score (nSPS) is 11.7. The Balaban J connectivity index is 2.58.